The molecule has 1 aliphatic rings. The maximum absolute atomic E-state index is 11.3. The Hall–Kier alpha value is -1.85. The number of rotatable bonds is 4. The number of anilines is 1. The predicted molar refractivity (Wildman–Crippen MR) is 125 cm³/mol. The summed E-state index contributed by atoms with van der Waals surface area (Å²) in [5.41, 5.74) is 9.72. The van der Waals surface area contributed by atoms with Gasteiger partial charge in [-0.05, 0) is 73.7 Å². The van der Waals surface area contributed by atoms with Gasteiger partial charge in [-0.3, -0.25) is 4.79 Å². The number of aryl methyl sites for hydroxylation is 1. The van der Waals surface area contributed by atoms with E-state index in [4.69, 9.17) is 4.74 Å². The third-order valence-corrected chi connectivity index (χ3v) is 5.28. The first kappa shape index (κ1) is 26.1. The fourth-order valence-corrected chi connectivity index (χ4v) is 4.28. The van der Waals surface area contributed by atoms with E-state index in [2.05, 4.69) is 43.1 Å². The summed E-state index contributed by atoms with van der Waals surface area (Å²) in [6.07, 6.45) is 3.08. The molecule has 1 heterocycles. The molecule has 2 aromatic rings. The molecule has 1 aromatic heterocycles. The van der Waals surface area contributed by atoms with E-state index in [1.54, 1.807) is 18.3 Å². The Kier molecular flexibility index (Phi) is 13.3. The minimum Gasteiger partial charge on any atom is -0.494 e. The highest BCUT2D eigenvalue weighted by atomic mass is 32.1. The molecule has 158 valence electrons. The van der Waals surface area contributed by atoms with Crippen LogP contribution in [0.25, 0.3) is 10.4 Å². The average molecular weight is 407 g/mol. The summed E-state index contributed by atoms with van der Waals surface area (Å²) in [4.78, 5) is 12.6. The van der Waals surface area contributed by atoms with Crippen LogP contribution in [0, 0.1) is 6.92 Å². The molecular weight excluding hydrogens is 368 g/mol. The molecule has 28 heavy (non-hydrogen) atoms. The van der Waals surface area contributed by atoms with Gasteiger partial charge in [0, 0.05) is 11.8 Å². The Labute approximate surface area is 175 Å². The van der Waals surface area contributed by atoms with Crippen molar-refractivity contribution in [3.05, 3.63) is 34.9 Å². The minimum atomic E-state index is -0.00904. The summed E-state index contributed by atoms with van der Waals surface area (Å²) >= 11 is 1.68. The van der Waals surface area contributed by atoms with Crippen molar-refractivity contribution in [1.29, 1.82) is 0 Å². The van der Waals surface area contributed by atoms with Crippen LogP contribution in [0.5, 0.6) is 5.75 Å². The SMILES string of the molecule is CC.CC.CCCOc1ccc2c(c1)CCc1c-2sc(NC(C)=O)c1C.CN. The first-order valence-corrected chi connectivity index (χ1v) is 11.2. The van der Waals surface area contributed by atoms with E-state index in [0.29, 0.717) is 0 Å². The Morgan fingerprint density at radius 1 is 1.18 bits per heavy atom. The van der Waals surface area contributed by atoms with E-state index in [0.717, 1.165) is 36.6 Å². The Bertz CT molecular complexity index is 724. The van der Waals surface area contributed by atoms with Gasteiger partial charge in [0.05, 0.1) is 11.6 Å². The van der Waals surface area contributed by atoms with Gasteiger partial charge in [0.15, 0.2) is 0 Å². The molecule has 0 atom stereocenters. The van der Waals surface area contributed by atoms with E-state index in [1.807, 2.05) is 27.7 Å². The van der Waals surface area contributed by atoms with Crippen LogP contribution in [0.15, 0.2) is 18.2 Å². The molecule has 0 unspecified atom stereocenters. The zero-order valence-electron chi connectivity index (χ0n) is 18.9. The van der Waals surface area contributed by atoms with E-state index >= 15 is 0 Å². The average Bonchev–Trinajstić information content (AvgIpc) is 3.06. The van der Waals surface area contributed by atoms with Crippen LogP contribution in [0.3, 0.4) is 0 Å². The van der Waals surface area contributed by atoms with Gasteiger partial charge in [0.1, 0.15) is 5.75 Å². The van der Waals surface area contributed by atoms with Crippen molar-refractivity contribution in [2.24, 2.45) is 5.73 Å². The Morgan fingerprint density at radius 2 is 1.82 bits per heavy atom. The second kappa shape index (κ2) is 14.2. The fourth-order valence-electron chi connectivity index (χ4n) is 2.91. The van der Waals surface area contributed by atoms with Crippen LogP contribution in [0.1, 0.15) is 64.7 Å². The number of hydrogen-bond donors (Lipinski definition) is 2. The lowest BCUT2D eigenvalue weighted by Gasteiger charge is -2.18. The van der Waals surface area contributed by atoms with Crippen molar-refractivity contribution in [2.75, 3.05) is 19.0 Å². The number of fused-ring (bicyclic) bond motifs is 3. The highest BCUT2D eigenvalue weighted by Crippen LogP contribution is 2.45. The monoisotopic (exact) mass is 406 g/mol. The number of carbonyl (C=O) groups excluding carboxylic acids is 1. The quantitative estimate of drug-likeness (QED) is 0.635. The molecule has 0 saturated carbocycles. The molecule has 0 spiro atoms. The smallest absolute Gasteiger partial charge is 0.221 e. The normalized spacial score (nSPS) is 10.5. The van der Waals surface area contributed by atoms with Gasteiger partial charge in [-0.25, -0.2) is 0 Å². The maximum Gasteiger partial charge on any atom is 0.221 e. The largest absolute Gasteiger partial charge is 0.494 e. The molecule has 4 nitrogen and oxygen atoms in total. The van der Waals surface area contributed by atoms with Crippen LogP contribution in [-0.2, 0) is 17.6 Å². The minimum absolute atomic E-state index is 0.00904. The summed E-state index contributed by atoms with van der Waals surface area (Å²) in [6.45, 7) is 14.5. The van der Waals surface area contributed by atoms with Crippen LogP contribution in [0.2, 0.25) is 0 Å². The third-order valence-electron chi connectivity index (χ3n) is 4.00. The molecule has 5 heteroatoms. The predicted octanol–water partition coefficient (Wildman–Crippen LogP) is 6.20. The standard InChI is InChI=1S/C18H21NO2S.2C2H6.CH5N/c1-4-9-21-14-6-8-16-13(10-14)5-7-15-11(2)18(19-12(3)20)22-17(15)16;3*1-2/h6,8,10H,4-5,7,9H2,1-3H3,(H,19,20);2*1-2H3;2H2,1H3. The number of benzene rings is 1. The molecule has 0 saturated heterocycles. The summed E-state index contributed by atoms with van der Waals surface area (Å²) < 4.78 is 5.74. The lowest BCUT2D eigenvalue weighted by Crippen LogP contribution is -2.06. The zero-order valence-corrected chi connectivity index (χ0v) is 19.7. The van der Waals surface area contributed by atoms with E-state index < -0.39 is 0 Å². The second-order valence-electron chi connectivity index (χ2n) is 5.71. The van der Waals surface area contributed by atoms with Crippen LogP contribution < -0.4 is 15.8 Å². The van der Waals surface area contributed by atoms with Gasteiger partial charge >= 0.3 is 0 Å². The lowest BCUT2D eigenvalue weighted by molar-refractivity contribution is -0.114. The van der Waals surface area contributed by atoms with Gasteiger partial charge < -0.3 is 15.8 Å². The topological polar surface area (TPSA) is 64.3 Å². The molecule has 0 bridgehead atoms. The molecule has 1 aromatic carbocycles. The molecule has 3 rings (SSSR count). The Balaban J connectivity index is 0.00000111. The summed E-state index contributed by atoms with van der Waals surface area (Å²) in [5.74, 6) is 0.949. The summed E-state index contributed by atoms with van der Waals surface area (Å²) in [5, 5.41) is 3.94. The van der Waals surface area contributed by atoms with Gasteiger partial charge in [0.25, 0.3) is 0 Å². The molecule has 0 aliphatic heterocycles. The molecule has 0 radical (unpaired) electrons. The molecule has 1 aliphatic carbocycles. The van der Waals surface area contributed by atoms with E-state index in [1.165, 1.54) is 34.2 Å². The number of thiophene rings is 1. The van der Waals surface area contributed by atoms with Crippen LogP contribution in [-0.4, -0.2) is 19.6 Å². The van der Waals surface area contributed by atoms with Crippen molar-refractivity contribution < 1.29 is 9.53 Å². The van der Waals surface area contributed by atoms with Gasteiger partial charge in [-0.15, -0.1) is 11.3 Å². The number of carbonyl (C=O) groups is 1. The second-order valence-corrected chi connectivity index (χ2v) is 6.73. The maximum atomic E-state index is 11.3. The van der Waals surface area contributed by atoms with Crippen LogP contribution >= 0.6 is 11.3 Å². The summed E-state index contributed by atoms with van der Waals surface area (Å²) in [6, 6.07) is 6.38. The van der Waals surface area contributed by atoms with Gasteiger partial charge in [-0.2, -0.15) is 0 Å². The van der Waals surface area contributed by atoms with Crippen molar-refractivity contribution in [1.82, 2.24) is 0 Å². The first-order chi connectivity index (χ1) is 13.6. The number of hydrogen-bond acceptors (Lipinski definition) is 4. The molecular formula is C23H38N2O2S. The highest BCUT2D eigenvalue weighted by Gasteiger charge is 2.23. The van der Waals surface area contributed by atoms with Gasteiger partial charge in [0.2, 0.25) is 5.91 Å². The Morgan fingerprint density at radius 3 is 2.39 bits per heavy atom. The van der Waals surface area contributed by atoms with Crippen LogP contribution in [0.4, 0.5) is 5.00 Å². The van der Waals surface area contributed by atoms with E-state index in [-0.39, 0.29) is 5.91 Å². The summed E-state index contributed by atoms with van der Waals surface area (Å²) in [7, 11) is 1.50. The van der Waals surface area contributed by atoms with E-state index in [9.17, 15) is 4.79 Å². The van der Waals surface area contributed by atoms with Crippen molar-refractivity contribution >= 4 is 22.2 Å². The molecule has 1 amide bonds. The van der Waals surface area contributed by atoms with Gasteiger partial charge in [-0.1, -0.05) is 34.6 Å². The molecule has 3 N–H and O–H groups in total. The molecule has 0 fully saturated rings. The fraction of sp³-hybridized carbons (Fsp3) is 0.522. The number of nitrogens with one attached hydrogen (secondary N) is 1. The van der Waals surface area contributed by atoms with Crippen molar-refractivity contribution in [2.45, 2.75) is 67.7 Å². The number of ether oxygens (including phenoxy) is 1. The number of amides is 1. The third kappa shape index (κ3) is 6.64. The zero-order chi connectivity index (χ0) is 21.7. The lowest BCUT2D eigenvalue weighted by atomic mass is 9.89. The number of nitrogens with two attached hydrogens (primary N) is 1. The van der Waals surface area contributed by atoms with Crippen molar-refractivity contribution in [3.8, 4) is 16.2 Å². The van der Waals surface area contributed by atoms with Crippen molar-refractivity contribution in [3.63, 3.8) is 0 Å². The first-order valence-electron chi connectivity index (χ1n) is 10.3. The highest BCUT2D eigenvalue weighted by molar-refractivity contribution is 7.20.